The lowest BCUT2D eigenvalue weighted by atomic mass is 10.4. The summed E-state index contributed by atoms with van der Waals surface area (Å²) >= 11 is 3.61. The minimum Gasteiger partial charge on any atom is -0.323 e. The van der Waals surface area contributed by atoms with E-state index < -0.39 is 0 Å². The van der Waals surface area contributed by atoms with Crippen molar-refractivity contribution >= 4 is 28.6 Å². The number of aromatic nitrogens is 1. The van der Waals surface area contributed by atoms with E-state index in [9.17, 15) is 0 Å². The van der Waals surface area contributed by atoms with Crippen molar-refractivity contribution in [2.45, 2.75) is 9.10 Å². The zero-order valence-electron chi connectivity index (χ0n) is 7.96. The van der Waals surface area contributed by atoms with Crippen LogP contribution >= 0.6 is 23.1 Å². The Morgan fingerprint density at radius 1 is 1.00 bits per heavy atom. The van der Waals surface area contributed by atoms with Crippen molar-refractivity contribution in [2.24, 2.45) is 0 Å². The van der Waals surface area contributed by atoms with Crippen LogP contribution in [0.5, 0.6) is 0 Å². The highest BCUT2D eigenvalue weighted by Gasteiger charge is 2.03. The van der Waals surface area contributed by atoms with Gasteiger partial charge in [-0.15, -0.1) is 11.3 Å². The van der Waals surface area contributed by atoms with Crippen molar-refractivity contribution in [1.82, 2.24) is 4.40 Å². The molecule has 0 radical (unpaired) electrons. The van der Waals surface area contributed by atoms with Gasteiger partial charge in [0.2, 0.25) is 0 Å². The second-order valence-corrected chi connectivity index (χ2v) is 5.50. The van der Waals surface area contributed by atoms with Gasteiger partial charge in [-0.1, -0.05) is 23.9 Å². The fraction of sp³-hybridized carbons (Fsp3) is 0. The Balaban J connectivity index is 2.05. The largest absolute Gasteiger partial charge is 0.323 e. The summed E-state index contributed by atoms with van der Waals surface area (Å²) in [6.07, 6.45) is 4.18. The molecule has 0 aliphatic carbocycles. The Hall–Kier alpha value is -1.19. The maximum absolute atomic E-state index is 2.17. The van der Waals surface area contributed by atoms with Crippen LogP contribution < -0.4 is 0 Å². The van der Waals surface area contributed by atoms with Gasteiger partial charge in [0.15, 0.2) is 0 Å². The average molecular weight is 231 g/mol. The molecule has 0 saturated carbocycles. The van der Waals surface area contributed by atoms with Gasteiger partial charge in [0.1, 0.15) is 0 Å². The Morgan fingerprint density at radius 2 is 2.00 bits per heavy atom. The summed E-state index contributed by atoms with van der Waals surface area (Å²) in [6.45, 7) is 0. The van der Waals surface area contributed by atoms with E-state index in [-0.39, 0.29) is 0 Å². The zero-order chi connectivity index (χ0) is 10.1. The molecule has 0 saturated heterocycles. The van der Waals surface area contributed by atoms with E-state index in [1.54, 1.807) is 11.3 Å². The van der Waals surface area contributed by atoms with E-state index in [0.717, 1.165) is 0 Å². The Morgan fingerprint density at radius 3 is 2.87 bits per heavy atom. The molecule has 0 aliphatic rings. The second kappa shape index (κ2) is 3.76. The van der Waals surface area contributed by atoms with E-state index in [1.165, 1.54) is 14.6 Å². The van der Waals surface area contributed by atoms with Crippen molar-refractivity contribution in [1.29, 1.82) is 0 Å². The third-order valence-electron chi connectivity index (χ3n) is 2.23. The number of hydrogen-bond donors (Lipinski definition) is 0. The summed E-state index contributed by atoms with van der Waals surface area (Å²) in [5.41, 5.74) is 1.27. The third-order valence-corrected chi connectivity index (χ3v) is 4.34. The molecule has 0 aromatic carbocycles. The number of hydrogen-bond acceptors (Lipinski definition) is 2. The third kappa shape index (κ3) is 1.68. The summed E-state index contributed by atoms with van der Waals surface area (Å²) in [4.78, 5) is 1.32. The molecule has 0 unspecified atom stereocenters. The molecule has 3 heterocycles. The lowest BCUT2D eigenvalue weighted by Gasteiger charge is -1.97. The molecule has 3 aromatic heterocycles. The van der Waals surface area contributed by atoms with Crippen LogP contribution in [0, 0.1) is 0 Å². The molecule has 0 aliphatic heterocycles. The predicted molar refractivity (Wildman–Crippen MR) is 65.8 cm³/mol. The van der Waals surface area contributed by atoms with Crippen molar-refractivity contribution in [3.8, 4) is 0 Å². The smallest absolute Gasteiger partial charge is 0.0647 e. The monoisotopic (exact) mass is 231 g/mol. The summed E-state index contributed by atoms with van der Waals surface area (Å²) < 4.78 is 3.49. The van der Waals surface area contributed by atoms with Gasteiger partial charge in [-0.3, -0.25) is 0 Å². The number of pyridine rings is 1. The number of fused-ring (bicyclic) bond motifs is 1. The molecule has 0 N–H and O–H groups in total. The van der Waals surface area contributed by atoms with Crippen LogP contribution in [0.2, 0.25) is 0 Å². The lowest BCUT2D eigenvalue weighted by Crippen LogP contribution is -1.78. The molecule has 3 rings (SSSR count). The molecular formula is C12H9NS2. The maximum atomic E-state index is 2.17. The molecule has 3 aromatic rings. The molecule has 0 bridgehead atoms. The lowest BCUT2D eigenvalue weighted by molar-refractivity contribution is 1.19. The van der Waals surface area contributed by atoms with Crippen molar-refractivity contribution in [3.05, 3.63) is 54.2 Å². The molecule has 1 nitrogen and oxygen atoms in total. The Bertz CT molecular complexity index is 566. The fourth-order valence-corrected chi connectivity index (χ4v) is 3.39. The summed E-state index contributed by atoms with van der Waals surface area (Å²) in [6, 6.07) is 12.7. The highest BCUT2D eigenvalue weighted by atomic mass is 32.2. The van der Waals surface area contributed by atoms with Crippen LogP contribution in [-0.2, 0) is 0 Å². The number of rotatable bonds is 2. The van der Waals surface area contributed by atoms with Gasteiger partial charge in [0.25, 0.3) is 0 Å². The van der Waals surface area contributed by atoms with Gasteiger partial charge in [0, 0.05) is 17.3 Å². The summed E-state index contributed by atoms with van der Waals surface area (Å²) in [5.74, 6) is 0. The minimum absolute atomic E-state index is 1.27. The Labute approximate surface area is 96.4 Å². The normalized spacial score (nSPS) is 10.9. The molecule has 15 heavy (non-hydrogen) atoms. The van der Waals surface area contributed by atoms with Gasteiger partial charge in [-0.2, -0.15) is 0 Å². The summed E-state index contributed by atoms with van der Waals surface area (Å²) in [7, 11) is 0. The predicted octanol–water partition coefficient (Wildman–Crippen LogP) is 4.15. The van der Waals surface area contributed by atoms with Crippen LogP contribution in [0.25, 0.3) is 5.52 Å². The number of nitrogens with zero attached hydrogens (tertiary/aromatic N) is 1. The van der Waals surface area contributed by atoms with E-state index in [0.29, 0.717) is 0 Å². The van der Waals surface area contributed by atoms with E-state index in [2.05, 4.69) is 52.5 Å². The first-order chi connectivity index (χ1) is 7.43. The maximum Gasteiger partial charge on any atom is 0.0647 e. The van der Waals surface area contributed by atoms with Crippen molar-refractivity contribution < 1.29 is 0 Å². The summed E-state index contributed by atoms with van der Waals surface area (Å²) in [5, 5.41) is 2.11. The molecular weight excluding hydrogens is 222 g/mol. The molecule has 3 heteroatoms. The molecule has 74 valence electrons. The first kappa shape index (κ1) is 9.07. The van der Waals surface area contributed by atoms with Gasteiger partial charge in [-0.05, 0) is 29.6 Å². The van der Waals surface area contributed by atoms with E-state index in [4.69, 9.17) is 0 Å². The topological polar surface area (TPSA) is 4.41 Å². The zero-order valence-corrected chi connectivity index (χ0v) is 9.59. The second-order valence-electron chi connectivity index (χ2n) is 3.21. The molecule has 0 amide bonds. The first-order valence-corrected chi connectivity index (χ1v) is 6.40. The van der Waals surface area contributed by atoms with Crippen LogP contribution in [0.15, 0.2) is 63.3 Å². The molecule has 0 atom stereocenters. The molecule has 0 fully saturated rings. The number of thiophene rings is 1. The van der Waals surface area contributed by atoms with Gasteiger partial charge in [-0.25, -0.2) is 0 Å². The van der Waals surface area contributed by atoms with Crippen LogP contribution in [-0.4, -0.2) is 4.40 Å². The first-order valence-electron chi connectivity index (χ1n) is 4.70. The van der Waals surface area contributed by atoms with Crippen LogP contribution in [0.3, 0.4) is 0 Å². The highest BCUT2D eigenvalue weighted by Crippen LogP contribution is 2.34. The average Bonchev–Trinajstić information content (AvgIpc) is 2.89. The van der Waals surface area contributed by atoms with Gasteiger partial charge in [0.05, 0.1) is 9.73 Å². The van der Waals surface area contributed by atoms with E-state index in [1.807, 2.05) is 17.8 Å². The quantitative estimate of drug-likeness (QED) is 0.641. The van der Waals surface area contributed by atoms with Crippen LogP contribution in [0.1, 0.15) is 0 Å². The molecule has 0 spiro atoms. The minimum atomic E-state index is 1.27. The van der Waals surface area contributed by atoms with Crippen molar-refractivity contribution in [2.75, 3.05) is 0 Å². The van der Waals surface area contributed by atoms with Crippen molar-refractivity contribution in [3.63, 3.8) is 0 Å². The van der Waals surface area contributed by atoms with Crippen LogP contribution in [0.4, 0.5) is 0 Å². The SMILES string of the molecule is c1csc(Sc2ccn3ccccc23)c1. The van der Waals surface area contributed by atoms with Gasteiger partial charge >= 0.3 is 0 Å². The van der Waals surface area contributed by atoms with Gasteiger partial charge < -0.3 is 4.40 Å². The standard InChI is InChI=1S/C12H9NS2/c1-2-7-13-8-6-11(10(13)4-1)15-12-5-3-9-14-12/h1-9H. The fourth-order valence-electron chi connectivity index (χ4n) is 1.54. The highest BCUT2D eigenvalue weighted by molar-refractivity contribution is 8.01. The van der Waals surface area contributed by atoms with E-state index >= 15 is 0 Å². The Kier molecular flexibility index (Phi) is 2.27.